The molecule has 3 aromatic carbocycles. The largest absolute Gasteiger partial charge is 0.489 e. The van der Waals surface area contributed by atoms with Crippen LogP contribution in [0.25, 0.3) is 11.1 Å². The van der Waals surface area contributed by atoms with Crippen LogP contribution in [-0.4, -0.2) is 26.7 Å². The maximum Gasteiger partial charge on any atom is 0.268 e. The Labute approximate surface area is 199 Å². The molecule has 0 aliphatic rings. The van der Waals surface area contributed by atoms with E-state index in [9.17, 15) is 9.90 Å². The lowest BCUT2D eigenvalue weighted by atomic mass is 10.0. The molecule has 0 unspecified atom stereocenters. The molecular weight excluding hydrogens is 426 g/mol. The van der Waals surface area contributed by atoms with Crippen LogP contribution >= 0.6 is 0 Å². The second kappa shape index (κ2) is 11.3. The molecule has 0 aliphatic heterocycles. The molecule has 0 saturated heterocycles. The summed E-state index contributed by atoms with van der Waals surface area (Å²) >= 11 is 0. The topological polar surface area (TPSA) is 90.4 Å². The molecule has 0 bridgehead atoms. The number of aryl methyl sites for hydroxylation is 1. The van der Waals surface area contributed by atoms with Gasteiger partial charge in [-0.25, -0.2) is 4.98 Å². The van der Waals surface area contributed by atoms with E-state index in [2.05, 4.69) is 47.4 Å². The Morgan fingerprint density at radius 2 is 1.68 bits per heavy atom. The van der Waals surface area contributed by atoms with Crippen molar-refractivity contribution in [2.24, 2.45) is 5.73 Å². The average molecular weight is 456 g/mol. The number of aliphatic hydroxyl groups is 1. The number of aromatic nitrogens is 2. The van der Waals surface area contributed by atoms with Gasteiger partial charge in [-0.2, -0.15) is 0 Å². The molecule has 0 saturated carbocycles. The van der Waals surface area contributed by atoms with E-state index >= 15 is 0 Å². The molecule has 0 radical (unpaired) electrons. The molecule has 4 rings (SSSR count). The third kappa shape index (κ3) is 6.33. The first kappa shape index (κ1) is 23.3. The van der Waals surface area contributed by atoms with E-state index in [0.717, 1.165) is 29.7 Å². The summed E-state index contributed by atoms with van der Waals surface area (Å²) in [5.41, 5.74) is 10.0. The van der Waals surface area contributed by atoms with Crippen molar-refractivity contribution in [2.45, 2.75) is 38.5 Å². The Balaban J connectivity index is 1.27. The summed E-state index contributed by atoms with van der Waals surface area (Å²) in [6.07, 6.45) is 4.77. The second-order valence-corrected chi connectivity index (χ2v) is 8.33. The van der Waals surface area contributed by atoms with Crippen LogP contribution in [0.3, 0.4) is 0 Å². The number of para-hydroxylation sites is 1. The Morgan fingerprint density at radius 3 is 2.41 bits per heavy atom. The highest BCUT2D eigenvalue weighted by Gasteiger charge is 2.10. The lowest BCUT2D eigenvalue weighted by Crippen LogP contribution is -2.15. The highest BCUT2D eigenvalue weighted by Crippen LogP contribution is 2.23. The Bertz CT molecular complexity index is 1200. The molecular formula is C28H29N3O3. The highest BCUT2D eigenvalue weighted by molar-refractivity contribution is 5.90. The molecule has 174 valence electrons. The molecule has 1 atom stereocenters. The van der Waals surface area contributed by atoms with E-state index in [1.807, 2.05) is 36.4 Å². The summed E-state index contributed by atoms with van der Waals surface area (Å²) in [6.45, 7) is 0.870. The van der Waals surface area contributed by atoms with Gasteiger partial charge in [0, 0.05) is 12.7 Å². The number of carbonyl (C=O) groups is 1. The predicted octanol–water partition coefficient (Wildman–Crippen LogP) is 4.61. The predicted molar refractivity (Wildman–Crippen MR) is 132 cm³/mol. The number of ether oxygens (including phenoxy) is 1. The number of nitrogens with zero attached hydrogens (tertiary/aromatic N) is 2. The van der Waals surface area contributed by atoms with Gasteiger partial charge in [-0.1, -0.05) is 72.8 Å². The quantitative estimate of drug-likeness (QED) is 0.346. The van der Waals surface area contributed by atoms with Gasteiger partial charge in [0.1, 0.15) is 18.1 Å². The number of imidazole rings is 1. The van der Waals surface area contributed by atoms with Crippen LogP contribution in [-0.2, 0) is 19.6 Å². The Morgan fingerprint density at radius 1 is 0.971 bits per heavy atom. The fourth-order valence-electron chi connectivity index (χ4n) is 3.89. The molecule has 0 spiro atoms. The van der Waals surface area contributed by atoms with E-state index in [1.165, 1.54) is 17.5 Å². The molecule has 1 amide bonds. The molecule has 1 heterocycles. The summed E-state index contributed by atoms with van der Waals surface area (Å²) in [6, 6.07) is 26.8. The molecule has 0 fully saturated rings. The van der Waals surface area contributed by atoms with Gasteiger partial charge in [-0.05, 0) is 47.6 Å². The van der Waals surface area contributed by atoms with Gasteiger partial charge < -0.3 is 20.1 Å². The van der Waals surface area contributed by atoms with E-state index in [4.69, 9.17) is 10.5 Å². The van der Waals surface area contributed by atoms with Crippen molar-refractivity contribution in [3.8, 4) is 16.9 Å². The first-order valence-corrected chi connectivity index (χ1v) is 11.4. The van der Waals surface area contributed by atoms with Crippen LogP contribution in [0.15, 0.2) is 91.4 Å². The standard InChI is InChI=1S/C28H29N3O3/c29-28(33)26-18-31(20-30-26)17-25(32)11-6-10-24-9-4-5-12-27(24)34-19-21-13-15-23(16-14-21)22-7-2-1-3-8-22/h1-5,7-9,12-16,18,20,25,32H,6,10-11,17,19H2,(H2,29,33)/t25-/m0/s1. The smallest absolute Gasteiger partial charge is 0.268 e. The first-order valence-electron chi connectivity index (χ1n) is 11.4. The summed E-state index contributed by atoms with van der Waals surface area (Å²) in [5, 5.41) is 10.4. The maximum atomic E-state index is 11.2. The monoisotopic (exact) mass is 455 g/mol. The maximum absolute atomic E-state index is 11.2. The summed E-state index contributed by atoms with van der Waals surface area (Å²) < 4.78 is 7.81. The SMILES string of the molecule is NC(=O)c1cn(C[C@@H](O)CCCc2ccccc2OCc2ccc(-c3ccccc3)cc2)cn1. The van der Waals surface area contributed by atoms with Crippen molar-refractivity contribution in [1.82, 2.24) is 9.55 Å². The number of hydrogen-bond donors (Lipinski definition) is 2. The van der Waals surface area contributed by atoms with Crippen LogP contribution < -0.4 is 10.5 Å². The van der Waals surface area contributed by atoms with Crippen LogP contribution in [0.5, 0.6) is 5.75 Å². The van der Waals surface area contributed by atoms with Crippen molar-refractivity contribution < 1.29 is 14.6 Å². The van der Waals surface area contributed by atoms with Gasteiger partial charge in [0.25, 0.3) is 5.91 Å². The van der Waals surface area contributed by atoms with Gasteiger partial charge in [-0.3, -0.25) is 4.79 Å². The number of hydrogen-bond acceptors (Lipinski definition) is 4. The van der Waals surface area contributed by atoms with Gasteiger partial charge in [0.05, 0.1) is 12.4 Å². The van der Waals surface area contributed by atoms with Gasteiger partial charge in [0.2, 0.25) is 0 Å². The third-order valence-electron chi connectivity index (χ3n) is 5.72. The van der Waals surface area contributed by atoms with Crippen LogP contribution in [0.1, 0.15) is 34.5 Å². The zero-order valence-electron chi connectivity index (χ0n) is 19.0. The second-order valence-electron chi connectivity index (χ2n) is 8.33. The van der Waals surface area contributed by atoms with Crippen molar-refractivity contribution in [2.75, 3.05) is 0 Å². The zero-order chi connectivity index (χ0) is 23.8. The fourth-order valence-corrected chi connectivity index (χ4v) is 3.89. The van der Waals surface area contributed by atoms with Crippen molar-refractivity contribution >= 4 is 5.91 Å². The highest BCUT2D eigenvalue weighted by atomic mass is 16.5. The molecule has 6 nitrogen and oxygen atoms in total. The van der Waals surface area contributed by atoms with Crippen molar-refractivity contribution in [3.63, 3.8) is 0 Å². The van der Waals surface area contributed by atoms with E-state index < -0.39 is 12.0 Å². The van der Waals surface area contributed by atoms with Gasteiger partial charge in [0.15, 0.2) is 0 Å². The van der Waals surface area contributed by atoms with Crippen molar-refractivity contribution in [3.05, 3.63) is 108 Å². The number of benzene rings is 3. The summed E-state index contributed by atoms with van der Waals surface area (Å²) in [5.74, 6) is 0.293. The number of nitrogens with two attached hydrogens (primary N) is 1. The minimum atomic E-state index is -0.572. The van der Waals surface area contributed by atoms with Gasteiger partial charge >= 0.3 is 0 Å². The molecule has 3 N–H and O–H groups in total. The minimum Gasteiger partial charge on any atom is -0.489 e. The Kier molecular flexibility index (Phi) is 7.73. The zero-order valence-corrected chi connectivity index (χ0v) is 19.0. The summed E-state index contributed by atoms with van der Waals surface area (Å²) in [7, 11) is 0. The number of carbonyl (C=O) groups excluding carboxylic acids is 1. The fraction of sp³-hybridized carbons (Fsp3) is 0.214. The number of amides is 1. The average Bonchev–Trinajstić information content (AvgIpc) is 3.33. The molecule has 4 aromatic rings. The number of rotatable bonds is 11. The van der Waals surface area contributed by atoms with Crippen molar-refractivity contribution in [1.29, 1.82) is 0 Å². The van der Waals surface area contributed by atoms with E-state index in [0.29, 0.717) is 19.6 Å². The molecule has 1 aromatic heterocycles. The molecule has 34 heavy (non-hydrogen) atoms. The third-order valence-corrected chi connectivity index (χ3v) is 5.72. The van der Waals surface area contributed by atoms with Gasteiger partial charge in [-0.15, -0.1) is 0 Å². The lowest BCUT2D eigenvalue weighted by molar-refractivity contribution is 0.0995. The number of aliphatic hydroxyl groups excluding tert-OH is 1. The molecule has 6 heteroatoms. The minimum absolute atomic E-state index is 0.202. The van der Waals surface area contributed by atoms with Crippen LogP contribution in [0, 0.1) is 0 Å². The van der Waals surface area contributed by atoms with Crippen LogP contribution in [0.2, 0.25) is 0 Å². The van der Waals surface area contributed by atoms with E-state index in [1.54, 1.807) is 10.8 Å². The van der Waals surface area contributed by atoms with E-state index in [-0.39, 0.29) is 5.69 Å². The first-order chi connectivity index (χ1) is 16.6. The summed E-state index contributed by atoms with van der Waals surface area (Å²) in [4.78, 5) is 15.1. The lowest BCUT2D eigenvalue weighted by Gasteiger charge is -2.14. The number of primary amides is 1. The Hall–Kier alpha value is -3.90. The van der Waals surface area contributed by atoms with Crippen LogP contribution in [0.4, 0.5) is 0 Å². The normalized spacial score (nSPS) is 11.8. The molecule has 0 aliphatic carbocycles.